The molecule has 5 nitrogen and oxygen atoms in total. The minimum absolute atomic E-state index is 0.0742. The van der Waals surface area contributed by atoms with E-state index in [2.05, 4.69) is 46.3 Å². The maximum atomic E-state index is 11.7. The first-order chi connectivity index (χ1) is 11.6. The molecule has 1 unspecified atom stereocenters. The third kappa shape index (κ3) is 6.59. The number of benzene rings is 1. The highest BCUT2D eigenvalue weighted by Crippen LogP contribution is 2.10. The molecular formula is C19H32N4O. The van der Waals surface area contributed by atoms with Crippen LogP contribution in [0.5, 0.6) is 0 Å². The van der Waals surface area contributed by atoms with Gasteiger partial charge in [-0.2, -0.15) is 0 Å². The summed E-state index contributed by atoms with van der Waals surface area (Å²) in [7, 11) is 0. The Morgan fingerprint density at radius 1 is 1.12 bits per heavy atom. The van der Waals surface area contributed by atoms with E-state index in [1.165, 1.54) is 18.7 Å². The Morgan fingerprint density at radius 3 is 2.29 bits per heavy atom. The number of nitrogens with two attached hydrogens (primary N) is 1. The molecular weight excluding hydrogens is 300 g/mol. The van der Waals surface area contributed by atoms with Crippen LogP contribution in [0.2, 0.25) is 0 Å². The standard InChI is InChI=1S/C19H32N4O/c1-3-22-10-12-23(13-11-22)15-18-7-5-17(6-8-18)14-21-19(24)9-4-16(2)20/h5-8,16H,3-4,9-15,20H2,1-2H3,(H,21,24). The molecule has 0 bridgehead atoms. The van der Waals surface area contributed by atoms with Crippen molar-refractivity contribution in [3.63, 3.8) is 0 Å². The lowest BCUT2D eigenvalue weighted by Gasteiger charge is -2.34. The highest BCUT2D eigenvalue weighted by Gasteiger charge is 2.15. The van der Waals surface area contributed by atoms with Crippen LogP contribution < -0.4 is 11.1 Å². The fraction of sp³-hybridized carbons (Fsp3) is 0.632. The third-order valence-corrected chi connectivity index (χ3v) is 4.66. The van der Waals surface area contributed by atoms with Gasteiger partial charge in [0.05, 0.1) is 0 Å². The summed E-state index contributed by atoms with van der Waals surface area (Å²) in [6.07, 6.45) is 1.23. The van der Waals surface area contributed by atoms with Gasteiger partial charge >= 0.3 is 0 Å². The zero-order valence-electron chi connectivity index (χ0n) is 15.1. The lowest BCUT2D eigenvalue weighted by Crippen LogP contribution is -2.45. The SMILES string of the molecule is CCN1CCN(Cc2ccc(CNC(=O)CCC(C)N)cc2)CC1. The number of rotatable bonds is 8. The van der Waals surface area contributed by atoms with E-state index in [1.54, 1.807) is 0 Å². The number of likely N-dealkylation sites (N-methyl/N-ethyl adjacent to an activating group) is 1. The van der Waals surface area contributed by atoms with Gasteiger partial charge in [-0.1, -0.05) is 31.2 Å². The maximum Gasteiger partial charge on any atom is 0.220 e. The lowest BCUT2D eigenvalue weighted by atomic mass is 10.1. The second kappa shape index (κ2) is 9.77. The Balaban J connectivity index is 1.72. The van der Waals surface area contributed by atoms with Crippen LogP contribution in [0.1, 0.15) is 37.8 Å². The van der Waals surface area contributed by atoms with Crippen molar-refractivity contribution in [1.29, 1.82) is 0 Å². The molecule has 5 heteroatoms. The average Bonchev–Trinajstić information content (AvgIpc) is 2.60. The van der Waals surface area contributed by atoms with Crippen molar-refractivity contribution in [1.82, 2.24) is 15.1 Å². The molecule has 1 amide bonds. The van der Waals surface area contributed by atoms with E-state index >= 15 is 0 Å². The largest absolute Gasteiger partial charge is 0.352 e. The predicted molar refractivity (Wildman–Crippen MR) is 98.6 cm³/mol. The zero-order valence-corrected chi connectivity index (χ0v) is 15.1. The van der Waals surface area contributed by atoms with Crippen LogP contribution in [0.3, 0.4) is 0 Å². The molecule has 1 saturated heterocycles. The average molecular weight is 332 g/mol. The van der Waals surface area contributed by atoms with E-state index in [-0.39, 0.29) is 11.9 Å². The number of amides is 1. The van der Waals surface area contributed by atoms with Gasteiger partial charge in [-0.3, -0.25) is 9.69 Å². The molecule has 0 aliphatic carbocycles. The van der Waals surface area contributed by atoms with Crippen LogP contribution in [-0.4, -0.2) is 54.5 Å². The summed E-state index contributed by atoms with van der Waals surface area (Å²) in [5, 5.41) is 2.96. The molecule has 1 atom stereocenters. The molecule has 1 aromatic carbocycles. The summed E-state index contributed by atoms with van der Waals surface area (Å²) in [6, 6.07) is 8.66. The molecule has 3 N–H and O–H groups in total. The van der Waals surface area contributed by atoms with E-state index in [9.17, 15) is 4.79 Å². The van der Waals surface area contributed by atoms with Gasteiger partial charge in [-0.15, -0.1) is 0 Å². The molecule has 1 aliphatic heterocycles. The molecule has 0 aromatic heterocycles. The number of carbonyl (C=O) groups is 1. The summed E-state index contributed by atoms with van der Waals surface area (Å²) in [5.41, 5.74) is 8.15. The Hall–Kier alpha value is -1.43. The second-order valence-corrected chi connectivity index (χ2v) is 6.82. The number of nitrogens with one attached hydrogen (secondary N) is 1. The summed E-state index contributed by atoms with van der Waals surface area (Å²) in [4.78, 5) is 16.7. The highest BCUT2D eigenvalue weighted by atomic mass is 16.1. The molecule has 0 saturated carbocycles. The van der Waals surface area contributed by atoms with Crippen LogP contribution in [0.4, 0.5) is 0 Å². The summed E-state index contributed by atoms with van der Waals surface area (Å²) in [5.74, 6) is 0.0742. The van der Waals surface area contributed by atoms with Crippen molar-refractivity contribution in [2.75, 3.05) is 32.7 Å². The summed E-state index contributed by atoms with van der Waals surface area (Å²) >= 11 is 0. The molecule has 24 heavy (non-hydrogen) atoms. The van der Waals surface area contributed by atoms with Gasteiger partial charge in [0, 0.05) is 51.7 Å². The van der Waals surface area contributed by atoms with Crippen molar-refractivity contribution < 1.29 is 4.79 Å². The van der Waals surface area contributed by atoms with Gasteiger partial charge in [0.2, 0.25) is 5.91 Å². The first-order valence-electron chi connectivity index (χ1n) is 9.11. The number of carbonyl (C=O) groups excluding carboxylic acids is 1. The number of hydrogen-bond acceptors (Lipinski definition) is 4. The van der Waals surface area contributed by atoms with Crippen LogP contribution in [0.25, 0.3) is 0 Å². The number of piperazine rings is 1. The normalized spacial score (nSPS) is 17.6. The molecule has 134 valence electrons. The minimum atomic E-state index is 0.0742. The van der Waals surface area contributed by atoms with Crippen molar-refractivity contribution in [2.45, 2.75) is 45.8 Å². The van der Waals surface area contributed by atoms with Gasteiger partial charge in [0.15, 0.2) is 0 Å². The third-order valence-electron chi connectivity index (χ3n) is 4.66. The Morgan fingerprint density at radius 2 is 1.71 bits per heavy atom. The molecule has 2 rings (SSSR count). The van der Waals surface area contributed by atoms with Crippen LogP contribution in [-0.2, 0) is 17.9 Å². The van der Waals surface area contributed by atoms with Crippen LogP contribution in [0.15, 0.2) is 24.3 Å². The predicted octanol–water partition coefficient (Wildman–Crippen LogP) is 1.57. The molecule has 0 radical (unpaired) electrons. The Kier molecular flexibility index (Phi) is 7.69. The van der Waals surface area contributed by atoms with Crippen molar-refractivity contribution in [2.24, 2.45) is 5.73 Å². The molecule has 1 heterocycles. The maximum absolute atomic E-state index is 11.7. The molecule has 1 fully saturated rings. The quantitative estimate of drug-likeness (QED) is 0.758. The highest BCUT2D eigenvalue weighted by molar-refractivity contribution is 5.75. The van der Waals surface area contributed by atoms with Crippen LogP contribution in [0, 0.1) is 0 Å². The summed E-state index contributed by atoms with van der Waals surface area (Å²) in [6.45, 7) is 11.5. The Labute approximate surface area is 146 Å². The van der Waals surface area contributed by atoms with Crippen molar-refractivity contribution in [3.05, 3.63) is 35.4 Å². The van der Waals surface area contributed by atoms with E-state index in [0.29, 0.717) is 13.0 Å². The van der Waals surface area contributed by atoms with E-state index in [0.717, 1.165) is 38.2 Å². The molecule has 1 aliphatic rings. The smallest absolute Gasteiger partial charge is 0.220 e. The first-order valence-corrected chi connectivity index (χ1v) is 9.11. The topological polar surface area (TPSA) is 61.6 Å². The van der Waals surface area contributed by atoms with E-state index in [1.807, 2.05) is 6.92 Å². The van der Waals surface area contributed by atoms with Crippen molar-refractivity contribution in [3.8, 4) is 0 Å². The van der Waals surface area contributed by atoms with Gasteiger partial charge in [-0.05, 0) is 31.0 Å². The van der Waals surface area contributed by atoms with Gasteiger partial charge < -0.3 is 16.0 Å². The van der Waals surface area contributed by atoms with E-state index < -0.39 is 0 Å². The minimum Gasteiger partial charge on any atom is -0.352 e. The van der Waals surface area contributed by atoms with Crippen LogP contribution >= 0.6 is 0 Å². The van der Waals surface area contributed by atoms with Crippen molar-refractivity contribution >= 4 is 5.91 Å². The monoisotopic (exact) mass is 332 g/mol. The summed E-state index contributed by atoms with van der Waals surface area (Å²) < 4.78 is 0. The van der Waals surface area contributed by atoms with Gasteiger partial charge in [0.1, 0.15) is 0 Å². The number of nitrogens with zero attached hydrogens (tertiary/aromatic N) is 2. The molecule has 1 aromatic rings. The zero-order chi connectivity index (χ0) is 17.4. The van der Waals surface area contributed by atoms with Gasteiger partial charge in [0.25, 0.3) is 0 Å². The molecule has 0 spiro atoms. The Bertz CT molecular complexity index is 493. The second-order valence-electron chi connectivity index (χ2n) is 6.82. The number of hydrogen-bond donors (Lipinski definition) is 2. The first kappa shape index (κ1) is 18.9. The fourth-order valence-corrected chi connectivity index (χ4v) is 2.93. The van der Waals surface area contributed by atoms with E-state index in [4.69, 9.17) is 5.73 Å². The lowest BCUT2D eigenvalue weighted by molar-refractivity contribution is -0.121. The fourth-order valence-electron chi connectivity index (χ4n) is 2.93. The van der Waals surface area contributed by atoms with Gasteiger partial charge in [-0.25, -0.2) is 0 Å².